The first-order valence-electron chi connectivity index (χ1n) is 10.6. The van der Waals surface area contributed by atoms with Crippen molar-refractivity contribution < 1.29 is 18.4 Å². The molecular formula is C19H38BrNO4Si2. The molecule has 8 heteroatoms. The SMILES string of the molecule is CC[Si](CC)(CC)OC(=O)[C@@H]1C[C@@H](O[Si](CC)(CC)CC)CN1C(=O)CBr. The quantitative estimate of drug-likeness (QED) is 0.311. The molecule has 1 fully saturated rings. The number of amides is 1. The second kappa shape index (κ2) is 11.1. The summed E-state index contributed by atoms with van der Waals surface area (Å²) in [5, 5.41) is 0.222. The van der Waals surface area contributed by atoms with Crippen molar-refractivity contribution in [1.82, 2.24) is 4.90 Å². The summed E-state index contributed by atoms with van der Waals surface area (Å²) in [5.41, 5.74) is 0. The second-order valence-electron chi connectivity index (χ2n) is 7.58. The highest BCUT2D eigenvalue weighted by Crippen LogP contribution is 2.31. The van der Waals surface area contributed by atoms with Crippen molar-refractivity contribution in [3.8, 4) is 0 Å². The molecule has 5 nitrogen and oxygen atoms in total. The van der Waals surface area contributed by atoms with Gasteiger partial charge in [-0.25, -0.2) is 0 Å². The standard InChI is InChI=1S/C19H38BrNO4Si2/c1-7-26(8-2,9-3)24-16-13-17(21(15-16)18(22)14-20)19(23)25-27(10-4,11-5)12-6/h16-17H,7-15H2,1-6H3/t16-,17+/m1/s1. The summed E-state index contributed by atoms with van der Waals surface area (Å²) < 4.78 is 12.7. The van der Waals surface area contributed by atoms with Gasteiger partial charge in [-0.2, -0.15) is 0 Å². The van der Waals surface area contributed by atoms with Gasteiger partial charge in [0, 0.05) is 13.0 Å². The van der Waals surface area contributed by atoms with Crippen molar-refractivity contribution in [1.29, 1.82) is 0 Å². The van der Waals surface area contributed by atoms with E-state index < -0.39 is 22.7 Å². The van der Waals surface area contributed by atoms with Gasteiger partial charge >= 0.3 is 5.97 Å². The van der Waals surface area contributed by atoms with Crippen LogP contribution in [0.2, 0.25) is 36.3 Å². The number of halogens is 1. The molecule has 27 heavy (non-hydrogen) atoms. The van der Waals surface area contributed by atoms with Gasteiger partial charge in [-0.05, 0) is 36.3 Å². The van der Waals surface area contributed by atoms with Gasteiger partial charge in [0.25, 0.3) is 8.32 Å². The van der Waals surface area contributed by atoms with E-state index in [0.717, 1.165) is 36.3 Å². The molecule has 0 unspecified atom stereocenters. The Labute approximate surface area is 175 Å². The summed E-state index contributed by atoms with van der Waals surface area (Å²) in [6.45, 7) is 13.4. The molecule has 0 saturated carbocycles. The molecule has 0 aromatic rings. The van der Waals surface area contributed by atoms with Gasteiger partial charge in [0.2, 0.25) is 5.91 Å². The molecule has 1 aliphatic rings. The smallest absolute Gasteiger partial charge is 0.315 e. The Balaban J connectivity index is 2.99. The average Bonchev–Trinajstić information content (AvgIpc) is 3.13. The lowest BCUT2D eigenvalue weighted by molar-refractivity contribution is -0.145. The van der Waals surface area contributed by atoms with E-state index in [1.807, 2.05) is 0 Å². The van der Waals surface area contributed by atoms with E-state index >= 15 is 0 Å². The Bertz CT molecular complexity index is 482. The van der Waals surface area contributed by atoms with Crippen molar-refractivity contribution in [2.75, 3.05) is 11.9 Å². The fraction of sp³-hybridized carbons (Fsp3) is 0.895. The van der Waals surface area contributed by atoms with Crippen LogP contribution in [-0.2, 0) is 18.4 Å². The maximum Gasteiger partial charge on any atom is 0.315 e. The zero-order valence-electron chi connectivity index (χ0n) is 18.0. The van der Waals surface area contributed by atoms with Gasteiger partial charge in [-0.3, -0.25) is 9.59 Å². The number of carbonyl (C=O) groups excluding carboxylic acids is 2. The highest BCUT2D eigenvalue weighted by molar-refractivity contribution is 9.09. The number of hydrogen-bond acceptors (Lipinski definition) is 4. The molecule has 1 saturated heterocycles. The largest absolute Gasteiger partial charge is 0.518 e. The monoisotopic (exact) mass is 479 g/mol. The first-order valence-corrected chi connectivity index (χ1v) is 16.7. The molecule has 0 aromatic carbocycles. The van der Waals surface area contributed by atoms with Crippen LogP contribution in [0.5, 0.6) is 0 Å². The fourth-order valence-electron chi connectivity index (χ4n) is 4.06. The van der Waals surface area contributed by atoms with Gasteiger partial charge in [0.15, 0.2) is 8.32 Å². The Morgan fingerprint density at radius 3 is 1.81 bits per heavy atom. The maximum absolute atomic E-state index is 13.0. The summed E-state index contributed by atoms with van der Waals surface area (Å²) in [6, 6.07) is 5.45. The van der Waals surface area contributed by atoms with E-state index in [-0.39, 0.29) is 23.3 Å². The van der Waals surface area contributed by atoms with Crippen LogP contribution < -0.4 is 0 Å². The highest BCUT2D eigenvalue weighted by Gasteiger charge is 2.45. The van der Waals surface area contributed by atoms with E-state index in [1.54, 1.807) is 4.90 Å². The van der Waals surface area contributed by atoms with Gasteiger partial charge in [0.05, 0.1) is 11.4 Å². The first-order chi connectivity index (χ1) is 12.8. The number of alkyl halides is 1. The van der Waals surface area contributed by atoms with Crippen LogP contribution in [0.15, 0.2) is 0 Å². The van der Waals surface area contributed by atoms with Crippen molar-refractivity contribution >= 4 is 44.4 Å². The Morgan fingerprint density at radius 2 is 1.41 bits per heavy atom. The predicted molar refractivity (Wildman–Crippen MR) is 119 cm³/mol. The van der Waals surface area contributed by atoms with Crippen molar-refractivity contribution in [3.63, 3.8) is 0 Å². The molecular weight excluding hydrogens is 442 g/mol. The summed E-state index contributed by atoms with van der Waals surface area (Å²) in [4.78, 5) is 27.2. The number of rotatable bonds is 11. The summed E-state index contributed by atoms with van der Waals surface area (Å²) in [6.07, 6.45) is 0.506. The minimum atomic E-state index is -2.04. The second-order valence-corrected chi connectivity index (χ2v) is 17.6. The van der Waals surface area contributed by atoms with Crippen LogP contribution in [0.1, 0.15) is 48.0 Å². The molecule has 0 aromatic heterocycles. The molecule has 2 atom stereocenters. The van der Waals surface area contributed by atoms with Crippen LogP contribution in [-0.4, -0.2) is 57.4 Å². The zero-order valence-corrected chi connectivity index (χ0v) is 21.6. The van der Waals surface area contributed by atoms with E-state index in [9.17, 15) is 9.59 Å². The molecule has 1 aliphatic heterocycles. The molecule has 0 bridgehead atoms. The molecule has 0 spiro atoms. The van der Waals surface area contributed by atoms with E-state index in [2.05, 4.69) is 57.5 Å². The minimum Gasteiger partial charge on any atom is -0.518 e. The van der Waals surface area contributed by atoms with Gasteiger partial charge in [-0.1, -0.05) is 57.5 Å². The van der Waals surface area contributed by atoms with Crippen molar-refractivity contribution in [2.24, 2.45) is 0 Å². The van der Waals surface area contributed by atoms with E-state index in [0.29, 0.717) is 13.0 Å². The van der Waals surface area contributed by atoms with Crippen molar-refractivity contribution in [3.05, 3.63) is 0 Å². The number of hydrogen-bond donors (Lipinski definition) is 0. The first kappa shape index (κ1) is 24.9. The molecule has 1 heterocycles. The summed E-state index contributed by atoms with van der Waals surface area (Å²) in [5.74, 6) is -0.277. The molecule has 0 N–H and O–H groups in total. The van der Waals surface area contributed by atoms with Crippen LogP contribution >= 0.6 is 15.9 Å². The maximum atomic E-state index is 13.0. The third-order valence-electron chi connectivity index (χ3n) is 6.57. The lowest BCUT2D eigenvalue weighted by Gasteiger charge is -2.31. The molecule has 0 radical (unpaired) electrons. The van der Waals surface area contributed by atoms with Gasteiger partial charge < -0.3 is 13.8 Å². The number of nitrogens with zero attached hydrogens (tertiary/aromatic N) is 1. The van der Waals surface area contributed by atoms with Crippen LogP contribution in [0.4, 0.5) is 0 Å². The molecule has 1 rings (SSSR count). The molecule has 0 aliphatic carbocycles. The Kier molecular flexibility index (Phi) is 10.2. The average molecular weight is 481 g/mol. The fourth-order valence-corrected chi connectivity index (χ4v) is 9.76. The molecule has 158 valence electrons. The highest BCUT2D eigenvalue weighted by atomic mass is 79.9. The predicted octanol–water partition coefficient (Wildman–Crippen LogP) is 4.92. The lowest BCUT2D eigenvalue weighted by Crippen LogP contribution is -2.47. The molecule has 1 amide bonds. The normalized spacial score (nSPS) is 20.8. The Morgan fingerprint density at radius 1 is 0.926 bits per heavy atom. The zero-order chi connectivity index (χ0) is 20.7. The van der Waals surface area contributed by atoms with Gasteiger partial charge in [0.1, 0.15) is 6.04 Å². The summed E-state index contributed by atoms with van der Waals surface area (Å²) >= 11 is 3.26. The van der Waals surface area contributed by atoms with Gasteiger partial charge in [-0.15, -0.1) is 0 Å². The van der Waals surface area contributed by atoms with E-state index in [1.165, 1.54) is 0 Å². The summed E-state index contributed by atoms with van der Waals surface area (Å²) in [7, 11) is -3.83. The third-order valence-corrected chi connectivity index (χ3v) is 16.2. The van der Waals surface area contributed by atoms with Crippen LogP contribution in [0, 0.1) is 0 Å². The topological polar surface area (TPSA) is 55.8 Å². The minimum absolute atomic E-state index is 0.0574. The Hall–Kier alpha value is -0.186. The van der Waals surface area contributed by atoms with Crippen LogP contribution in [0.25, 0.3) is 0 Å². The van der Waals surface area contributed by atoms with Crippen LogP contribution in [0.3, 0.4) is 0 Å². The van der Waals surface area contributed by atoms with Crippen molar-refractivity contribution in [2.45, 2.75) is 96.4 Å². The number of likely N-dealkylation sites (tertiary alicyclic amines) is 1. The lowest BCUT2D eigenvalue weighted by atomic mass is 10.2. The number of carbonyl (C=O) groups is 2. The van der Waals surface area contributed by atoms with E-state index in [4.69, 9.17) is 8.85 Å². The third kappa shape index (κ3) is 5.90.